The van der Waals surface area contributed by atoms with E-state index in [2.05, 4.69) is 10.6 Å². The van der Waals surface area contributed by atoms with Crippen molar-refractivity contribution in [2.24, 2.45) is 5.92 Å². The minimum Gasteiger partial charge on any atom is -0.332 e. The molecule has 1 amide bonds. The fourth-order valence-electron chi connectivity index (χ4n) is 0.985. The number of carbonyl (C=O) groups excluding carboxylic acids is 1. The predicted molar refractivity (Wildman–Crippen MR) is 70.7 cm³/mol. The molecule has 0 fully saturated rings. The van der Waals surface area contributed by atoms with E-state index < -0.39 is 0 Å². The molecule has 0 aromatic heterocycles. The molecule has 0 radical (unpaired) electrons. The van der Waals surface area contributed by atoms with Gasteiger partial charge in [-0.3, -0.25) is 4.79 Å². The van der Waals surface area contributed by atoms with Crippen LogP contribution in [-0.2, 0) is 4.79 Å². The number of halogens is 1. The Balaban J connectivity index is 2.55. The lowest BCUT2D eigenvalue weighted by Gasteiger charge is -2.11. The molecule has 0 aliphatic carbocycles. The number of nitrogens with one attached hydrogen (secondary N) is 2. The maximum atomic E-state index is 11.3. The van der Waals surface area contributed by atoms with Crippen molar-refractivity contribution in [1.29, 1.82) is 0 Å². The third-order valence-electron chi connectivity index (χ3n) is 1.84. The molecule has 2 N–H and O–H groups in total. The molecule has 0 saturated heterocycles. The van der Waals surface area contributed by atoms with Crippen LogP contribution in [0.3, 0.4) is 0 Å². The maximum Gasteiger partial charge on any atom is 0.228 e. The topological polar surface area (TPSA) is 41.1 Å². The molecule has 86 valence electrons. The zero-order chi connectivity index (χ0) is 12.1. The third-order valence-corrected chi connectivity index (χ3v) is 2.28. The van der Waals surface area contributed by atoms with Gasteiger partial charge in [0, 0.05) is 16.6 Å². The van der Waals surface area contributed by atoms with Crippen LogP contribution in [0.25, 0.3) is 0 Å². The maximum absolute atomic E-state index is 11.3. The first-order valence-corrected chi connectivity index (χ1v) is 5.65. The summed E-state index contributed by atoms with van der Waals surface area (Å²) in [5, 5.41) is 6.36. The Morgan fingerprint density at radius 2 is 2.12 bits per heavy atom. The molecular formula is C11H13ClN2OS. The van der Waals surface area contributed by atoms with Gasteiger partial charge in [-0.2, -0.15) is 0 Å². The highest BCUT2D eigenvalue weighted by molar-refractivity contribution is 7.80. The number of benzene rings is 1. The Morgan fingerprint density at radius 1 is 1.44 bits per heavy atom. The van der Waals surface area contributed by atoms with Crippen molar-refractivity contribution in [1.82, 2.24) is 5.32 Å². The molecule has 1 aromatic rings. The lowest BCUT2D eigenvalue weighted by Crippen LogP contribution is -2.36. The van der Waals surface area contributed by atoms with Gasteiger partial charge in [-0.05, 0) is 30.4 Å². The van der Waals surface area contributed by atoms with E-state index in [4.69, 9.17) is 23.8 Å². The second kappa shape index (κ2) is 5.82. The Kier molecular flexibility index (Phi) is 4.71. The summed E-state index contributed by atoms with van der Waals surface area (Å²) in [5.74, 6) is -0.210. The molecule has 16 heavy (non-hydrogen) atoms. The largest absolute Gasteiger partial charge is 0.332 e. The van der Waals surface area contributed by atoms with Crippen LogP contribution in [0.1, 0.15) is 13.8 Å². The van der Waals surface area contributed by atoms with Gasteiger partial charge in [-0.1, -0.05) is 31.5 Å². The van der Waals surface area contributed by atoms with Crippen LogP contribution < -0.4 is 10.6 Å². The van der Waals surface area contributed by atoms with Gasteiger partial charge in [0.25, 0.3) is 0 Å². The molecule has 0 heterocycles. The highest BCUT2D eigenvalue weighted by Gasteiger charge is 2.08. The van der Waals surface area contributed by atoms with Crippen LogP contribution in [0.5, 0.6) is 0 Å². The van der Waals surface area contributed by atoms with Crippen molar-refractivity contribution in [3.8, 4) is 0 Å². The van der Waals surface area contributed by atoms with Gasteiger partial charge in [-0.15, -0.1) is 0 Å². The van der Waals surface area contributed by atoms with Gasteiger partial charge < -0.3 is 10.6 Å². The molecule has 3 nitrogen and oxygen atoms in total. The number of hydrogen-bond donors (Lipinski definition) is 2. The summed E-state index contributed by atoms with van der Waals surface area (Å²) in [5.41, 5.74) is 0.751. The quantitative estimate of drug-likeness (QED) is 0.800. The van der Waals surface area contributed by atoms with Crippen LogP contribution in [-0.4, -0.2) is 11.0 Å². The Morgan fingerprint density at radius 3 is 2.69 bits per heavy atom. The van der Waals surface area contributed by atoms with Crippen LogP contribution in [0.4, 0.5) is 5.69 Å². The lowest BCUT2D eigenvalue weighted by atomic mass is 10.2. The average Bonchev–Trinajstić information content (AvgIpc) is 2.16. The van der Waals surface area contributed by atoms with Gasteiger partial charge in [0.2, 0.25) is 5.91 Å². The highest BCUT2D eigenvalue weighted by Crippen LogP contribution is 2.14. The Labute approximate surface area is 105 Å². The first-order chi connectivity index (χ1) is 7.49. The normalized spacial score (nSPS) is 10.0. The van der Waals surface area contributed by atoms with E-state index in [0.717, 1.165) is 5.69 Å². The van der Waals surface area contributed by atoms with Crippen LogP contribution in [0.15, 0.2) is 24.3 Å². The minimum atomic E-state index is -0.112. The molecule has 1 aromatic carbocycles. The number of thiocarbonyl (C=S) groups is 1. The van der Waals surface area contributed by atoms with Crippen LogP contribution >= 0.6 is 23.8 Å². The smallest absolute Gasteiger partial charge is 0.228 e. The SMILES string of the molecule is CC(C)C(=O)NC(=S)Nc1cccc(Cl)c1. The second-order valence-electron chi connectivity index (χ2n) is 3.61. The first-order valence-electron chi connectivity index (χ1n) is 4.86. The van der Waals surface area contributed by atoms with Crippen molar-refractivity contribution in [3.05, 3.63) is 29.3 Å². The molecule has 0 spiro atoms. The van der Waals surface area contributed by atoms with Crippen molar-refractivity contribution in [2.45, 2.75) is 13.8 Å². The van der Waals surface area contributed by atoms with Crippen molar-refractivity contribution in [2.75, 3.05) is 5.32 Å². The summed E-state index contributed by atoms with van der Waals surface area (Å²) >= 11 is 10.8. The lowest BCUT2D eigenvalue weighted by molar-refractivity contribution is -0.122. The molecule has 0 aliphatic heterocycles. The number of hydrogen-bond acceptors (Lipinski definition) is 2. The van der Waals surface area contributed by atoms with Crippen molar-refractivity contribution in [3.63, 3.8) is 0 Å². The second-order valence-corrected chi connectivity index (χ2v) is 4.45. The summed E-state index contributed by atoms with van der Waals surface area (Å²) in [6, 6.07) is 7.12. The zero-order valence-electron chi connectivity index (χ0n) is 9.08. The van der Waals surface area contributed by atoms with E-state index >= 15 is 0 Å². The third kappa shape index (κ3) is 4.16. The Hall–Kier alpha value is -1.13. The van der Waals surface area contributed by atoms with E-state index in [1.807, 2.05) is 6.07 Å². The monoisotopic (exact) mass is 256 g/mol. The molecular weight excluding hydrogens is 244 g/mol. The summed E-state index contributed by atoms with van der Waals surface area (Å²) in [6.45, 7) is 3.61. The first kappa shape index (κ1) is 12.9. The molecule has 1 rings (SSSR count). The fourth-order valence-corrected chi connectivity index (χ4v) is 1.39. The molecule has 0 unspecified atom stereocenters. The van der Waals surface area contributed by atoms with E-state index in [0.29, 0.717) is 5.02 Å². The molecule has 0 bridgehead atoms. The number of rotatable bonds is 2. The van der Waals surface area contributed by atoms with Crippen LogP contribution in [0, 0.1) is 5.92 Å². The van der Waals surface area contributed by atoms with Gasteiger partial charge in [-0.25, -0.2) is 0 Å². The summed E-state index contributed by atoms with van der Waals surface area (Å²) in [4.78, 5) is 11.3. The molecule has 0 saturated carbocycles. The standard InChI is InChI=1S/C11H13ClN2OS/c1-7(2)10(15)14-11(16)13-9-5-3-4-8(12)6-9/h3-7H,1-2H3,(H2,13,14,15,16). The van der Waals surface area contributed by atoms with Gasteiger partial charge in [0.15, 0.2) is 5.11 Å². The van der Waals surface area contributed by atoms with Crippen LogP contribution in [0.2, 0.25) is 5.02 Å². The minimum absolute atomic E-state index is 0.0980. The van der Waals surface area contributed by atoms with Gasteiger partial charge in [0.1, 0.15) is 0 Å². The molecule has 0 aliphatic rings. The predicted octanol–water partition coefficient (Wildman–Crippen LogP) is 2.81. The van der Waals surface area contributed by atoms with E-state index in [-0.39, 0.29) is 16.9 Å². The van der Waals surface area contributed by atoms with Crippen molar-refractivity contribution >= 4 is 40.5 Å². The number of anilines is 1. The summed E-state index contributed by atoms with van der Waals surface area (Å²) in [6.07, 6.45) is 0. The molecule has 0 atom stereocenters. The van der Waals surface area contributed by atoms with E-state index in [9.17, 15) is 4.79 Å². The summed E-state index contributed by atoms with van der Waals surface area (Å²) in [7, 11) is 0. The van der Waals surface area contributed by atoms with Gasteiger partial charge in [0.05, 0.1) is 0 Å². The summed E-state index contributed by atoms with van der Waals surface area (Å²) < 4.78 is 0. The fraction of sp³-hybridized carbons (Fsp3) is 0.273. The number of carbonyl (C=O) groups is 1. The van der Waals surface area contributed by atoms with E-state index in [1.54, 1.807) is 32.0 Å². The molecule has 5 heteroatoms. The van der Waals surface area contributed by atoms with Crippen molar-refractivity contribution < 1.29 is 4.79 Å². The highest BCUT2D eigenvalue weighted by atomic mass is 35.5. The average molecular weight is 257 g/mol. The zero-order valence-corrected chi connectivity index (χ0v) is 10.7. The van der Waals surface area contributed by atoms with Gasteiger partial charge >= 0.3 is 0 Å². The Bertz CT molecular complexity index is 407. The van der Waals surface area contributed by atoms with E-state index in [1.165, 1.54) is 0 Å². The number of amides is 1.